The van der Waals surface area contributed by atoms with Gasteiger partial charge in [-0.3, -0.25) is 9.59 Å². The number of amides is 2. The van der Waals surface area contributed by atoms with Gasteiger partial charge in [0.05, 0.1) is 0 Å². The van der Waals surface area contributed by atoms with Crippen LogP contribution in [0.1, 0.15) is 6.92 Å². The van der Waals surface area contributed by atoms with E-state index in [0.717, 1.165) is 0 Å². The third-order valence-corrected chi connectivity index (χ3v) is 3.62. The first-order valence-corrected chi connectivity index (χ1v) is 7.78. The first kappa shape index (κ1) is 17.6. The van der Waals surface area contributed by atoms with E-state index in [1.165, 1.54) is 11.8 Å². The fourth-order valence-corrected chi connectivity index (χ4v) is 2.71. The summed E-state index contributed by atoms with van der Waals surface area (Å²) in [7, 11) is 0. The molecule has 0 radical (unpaired) electrons. The zero-order chi connectivity index (χ0) is 17.0. The normalized spacial score (nSPS) is 10.3. The molecule has 0 unspecified atom stereocenters. The molecule has 23 heavy (non-hydrogen) atoms. The third-order valence-electron chi connectivity index (χ3n) is 2.95. The third kappa shape index (κ3) is 5.13. The van der Waals surface area contributed by atoms with Crippen molar-refractivity contribution >= 4 is 58.0 Å². The summed E-state index contributed by atoms with van der Waals surface area (Å²) in [5, 5.41) is 3.96. The molecule has 0 fully saturated rings. The molecule has 2 rings (SSSR count). The fraction of sp³-hybridized carbons (Fsp3) is 0.125. The van der Waals surface area contributed by atoms with E-state index in [4.69, 9.17) is 34.8 Å². The number of hydrogen-bond donors (Lipinski definition) is 1. The molecule has 2 amide bonds. The van der Waals surface area contributed by atoms with Crippen molar-refractivity contribution in [1.29, 1.82) is 0 Å². The van der Waals surface area contributed by atoms with Crippen molar-refractivity contribution in [2.75, 3.05) is 16.8 Å². The summed E-state index contributed by atoms with van der Waals surface area (Å²) >= 11 is 17.7. The monoisotopic (exact) mass is 370 g/mol. The van der Waals surface area contributed by atoms with Crippen molar-refractivity contribution in [3.8, 4) is 0 Å². The highest BCUT2D eigenvalue weighted by atomic mass is 35.5. The van der Waals surface area contributed by atoms with Crippen LogP contribution >= 0.6 is 34.8 Å². The lowest BCUT2D eigenvalue weighted by Crippen LogP contribution is -2.36. The van der Waals surface area contributed by atoms with E-state index in [-0.39, 0.29) is 18.4 Å². The summed E-state index contributed by atoms with van der Waals surface area (Å²) in [5.41, 5.74) is 1.01. The van der Waals surface area contributed by atoms with Gasteiger partial charge in [0, 0.05) is 33.4 Å². The molecule has 0 saturated heterocycles. The molecule has 4 nitrogen and oxygen atoms in total. The molecule has 0 spiro atoms. The maximum atomic E-state index is 12.2. The maximum absolute atomic E-state index is 12.2. The Kier molecular flexibility index (Phi) is 5.88. The van der Waals surface area contributed by atoms with E-state index in [1.807, 2.05) is 0 Å². The van der Waals surface area contributed by atoms with Crippen LogP contribution in [-0.2, 0) is 9.59 Å². The number of rotatable bonds is 4. The summed E-state index contributed by atoms with van der Waals surface area (Å²) in [4.78, 5) is 25.3. The van der Waals surface area contributed by atoms with E-state index < -0.39 is 0 Å². The maximum Gasteiger partial charge on any atom is 0.244 e. The molecule has 0 aliphatic heterocycles. The van der Waals surface area contributed by atoms with Crippen LogP contribution in [0.4, 0.5) is 11.4 Å². The zero-order valence-electron chi connectivity index (χ0n) is 12.1. The van der Waals surface area contributed by atoms with Crippen LogP contribution in [-0.4, -0.2) is 18.4 Å². The van der Waals surface area contributed by atoms with Crippen LogP contribution in [0, 0.1) is 0 Å². The lowest BCUT2D eigenvalue weighted by atomic mass is 10.2. The highest BCUT2D eigenvalue weighted by Crippen LogP contribution is 2.23. The van der Waals surface area contributed by atoms with E-state index in [0.29, 0.717) is 26.4 Å². The largest absolute Gasteiger partial charge is 0.324 e. The second-order valence-corrected chi connectivity index (χ2v) is 6.10. The minimum absolute atomic E-state index is 0.153. The second kappa shape index (κ2) is 7.68. The van der Waals surface area contributed by atoms with Gasteiger partial charge < -0.3 is 10.2 Å². The first-order valence-electron chi connectivity index (χ1n) is 6.65. The highest BCUT2D eigenvalue weighted by molar-refractivity contribution is 6.35. The molecule has 0 aliphatic rings. The number of hydrogen-bond acceptors (Lipinski definition) is 2. The van der Waals surface area contributed by atoms with Gasteiger partial charge in [0.1, 0.15) is 6.54 Å². The topological polar surface area (TPSA) is 49.4 Å². The molecule has 0 aliphatic carbocycles. The summed E-state index contributed by atoms with van der Waals surface area (Å²) in [6.45, 7) is 1.23. The van der Waals surface area contributed by atoms with Crippen LogP contribution in [0.2, 0.25) is 15.1 Å². The molecular weight excluding hydrogens is 359 g/mol. The SMILES string of the molecule is CC(=O)N(CC(=O)Nc1cc(Cl)cc(Cl)c1)c1cccc(Cl)c1. The van der Waals surface area contributed by atoms with Crippen molar-refractivity contribution in [2.24, 2.45) is 0 Å². The molecule has 1 N–H and O–H groups in total. The summed E-state index contributed by atoms with van der Waals surface area (Å²) in [6, 6.07) is 11.4. The Hall–Kier alpha value is -1.75. The number of benzene rings is 2. The molecule has 0 saturated carbocycles. The van der Waals surface area contributed by atoms with Gasteiger partial charge in [-0.05, 0) is 36.4 Å². The Labute approximate surface area is 148 Å². The smallest absolute Gasteiger partial charge is 0.244 e. The van der Waals surface area contributed by atoms with Crippen LogP contribution < -0.4 is 10.2 Å². The number of halogens is 3. The molecule has 0 bridgehead atoms. The predicted octanol–water partition coefficient (Wildman–Crippen LogP) is 4.64. The van der Waals surface area contributed by atoms with Crippen molar-refractivity contribution in [1.82, 2.24) is 0 Å². The summed E-state index contributed by atoms with van der Waals surface area (Å²) in [5.74, 6) is -0.648. The molecule has 2 aromatic carbocycles. The zero-order valence-corrected chi connectivity index (χ0v) is 14.4. The predicted molar refractivity (Wildman–Crippen MR) is 94.6 cm³/mol. The Morgan fingerprint density at radius 2 is 1.65 bits per heavy atom. The van der Waals surface area contributed by atoms with Crippen LogP contribution in [0.25, 0.3) is 0 Å². The molecule has 2 aromatic rings. The number of carbonyl (C=O) groups is 2. The van der Waals surface area contributed by atoms with Crippen LogP contribution in [0.5, 0.6) is 0 Å². The van der Waals surface area contributed by atoms with Gasteiger partial charge in [0.2, 0.25) is 11.8 Å². The lowest BCUT2D eigenvalue weighted by Gasteiger charge is -2.21. The van der Waals surface area contributed by atoms with Gasteiger partial charge in [0.15, 0.2) is 0 Å². The minimum atomic E-state index is -0.376. The molecule has 0 aromatic heterocycles. The fourth-order valence-electron chi connectivity index (χ4n) is 2.00. The van der Waals surface area contributed by atoms with Gasteiger partial charge in [-0.2, -0.15) is 0 Å². The van der Waals surface area contributed by atoms with Crippen molar-refractivity contribution in [3.63, 3.8) is 0 Å². The van der Waals surface area contributed by atoms with Gasteiger partial charge in [-0.25, -0.2) is 0 Å². The van der Waals surface area contributed by atoms with Crippen molar-refractivity contribution < 1.29 is 9.59 Å². The van der Waals surface area contributed by atoms with Gasteiger partial charge in [0.25, 0.3) is 0 Å². The number of anilines is 2. The number of carbonyl (C=O) groups excluding carboxylic acids is 2. The summed E-state index contributed by atoms with van der Waals surface area (Å²) in [6.07, 6.45) is 0. The Morgan fingerprint density at radius 3 is 2.22 bits per heavy atom. The molecule has 0 heterocycles. The van der Waals surface area contributed by atoms with Crippen molar-refractivity contribution in [2.45, 2.75) is 6.92 Å². The molecular formula is C16H13Cl3N2O2. The van der Waals surface area contributed by atoms with E-state index in [1.54, 1.807) is 42.5 Å². The van der Waals surface area contributed by atoms with Gasteiger partial charge >= 0.3 is 0 Å². The van der Waals surface area contributed by atoms with E-state index in [9.17, 15) is 9.59 Å². The van der Waals surface area contributed by atoms with Gasteiger partial charge in [-0.15, -0.1) is 0 Å². The van der Waals surface area contributed by atoms with Crippen molar-refractivity contribution in [3.05, 3.63) is 57.5 Å². The minimum Gasteiger partial charge on any atom is -0.324 e. The van der Waals surface area contributed by atoms with E-state index in [2.05, 4.69) is 5.32 Å². The average molecular weight is 372 g/mol. The van der Waals surface area contributed by atoms with Crippen LogP contribution in [0.15, 0.2) is 42.5 Å². The van der Waals surface area contributed by atoms with Gasteiger partial charge in [-0.1, -0.05) is 40.9 Å². The Bertz CT molecular complexity index is 730. The second-order valence-electron chi connectivity index (χ2n) is 4.79. The highest BCUT2D eigenvalue weighted by Gasteiger charge is 2.16. The lowest BCUT2D eigenvalue weighted by molar-refractivity contribution is -0.120. The standard InChI is InChI=1S/C16H13Cl3N2O2/c1-10(22)21(15-4-2-3-11(17)8-15)9-16(23)20-14-6-12(18)5-13(19)7-14/h2-8H,9H2,1H3,(H,20,23). The summed E-state index contributed by atoms with van der Waals surface area (Å²) < 4.78 is 0. The Balaban J connectivity index is 2.14. The molecule has 7 heteroatoms. The molecule has 120 valence electrons. The number of nitrogens with one attached hydrogen (secondary N) is 1. The first-order chi connectivity index (χ1) is 10.8. The number of nitrogens with zero attached hydrogens (tertiary/aromatic N) is 1. The molecule has 0 atom stereocenters. The van der Waals surface area contributed by atoms with Crippen LogP contribution in [0.3, 0.4) is 0 Å². The Morgan fingerprint density at radius 1 is 1.00 bits per heavy atom. The van der Waals surface area contributed by atoms with E-state index >= 15 is 0 Å². The quantitative estimate of drug-likeness (QED) is 0.851. The average Bonchev–Trinajstić information content (AvgIpc) is 2.43.